The molecule has 0 amide bonds. The molecule has 0 saturated carbocycles. The Hall–Kier alpha value is -0.370. The average molecular weight is 157 g/mol. The Bertz CT molecular complexity index is 219. The van der Waals surface area contributed by atoms with Crippen LogP contribution in [0.15, 0.2) is 9.80 Å². The van der Waals surface area contributed by atoms with Crippen molar-refractivity contribution in [3.8, 4) is 0 Å². The fourth-order valence-corrected chi connectivity index (χ4v) is 1.48. The van der Waals surface area contributed by atoms with Crippen molar-refractivity contribution in [2.45, 2.75) is 33.1 Å². The normalized spacial score (nSPS) is 12.0. The van der Waals surface area contributed by atoms with Gasteiger partial charge in [0.2, 0.25) is 0 Å². The third-order valence-corrected chi connectivity index (χ3v) is 2.07. The predicted molar refractivity (Wildman–Crippen MR) is 44.4 cm³/mol. The molecule has 0 saturated heterocycles. The summed E-state index contributed by atoms with van der Waals surface area (Å²) >= 11 is 1.66. The van der Waals surface area contributed by atoms with Gasteiger partial charge in [0.15, 0.2) is 0 Å². The molecule has 0 bridgehead atoms. The summed E-state index contributed by atoms with van der Waals surface area (Å²) in [6.07, 6.45) is 0. The molecule has 0 atom stereocenters. The van der Waals surface area contributed by atoms with Crippen LogP contribution in [0.2, 0.25) is 0 Å². The standard InChI is InChI=1S/C8H13OS/c1-6-9-7(5-10-6)8(2,3)4/h5H,1-4H3/q+1. The summed E-state index contributed by atoms with van der Waals surface area (Å²) in [7, 11) is 0. The minimum atomic E-state index is 0.158. The molecule has 1 aromatic rings. The van der Waals surface area contributed by atoms with E-state index < -0.39 is 0 Å². The van der Waals surface area contributed by atoms with Gasteiger partial charge in [0.25, 0.3) is 0 Å². The van der Waals surface area contributed by atoms with Crippen molar-refractivity contribution in [2.75, 3.05) is 0 Å². The van der Waals surface area contributed by atoms with Crippen molar-refractivity contribution in [1.29, 1.82) is 0 Å². The summed E-state index contributed by atoms with van der Waals surface area (Å²) in [4.78, 5) is 0. The molecular weight excluding hydrogens is 144 g/mol. The average Bonchev–Trinajstić information content (AvgIpc) is 2.11. The number of rotatable bonds is 0. The van der Waals surface area contributed by atoms with Crippen LogP contribution in [0.5, 0.6) is 0 Å². The highest BCUT2D eigenvalue weighted by atomic mass is 32.1. The largest absolute Gasteiger partial charge is 0.382 e. The molecule has 56 valence electrons. The molecule has 2 heteroatoms. The lowest BCUT2D eigenvalue weighted by molar-refractivity contribution is 0.397. The minimum absolute atomic E-state index is 0.158. The second kappa shape index (κ2) is 2.35. The van der Waals surface area contributed by atoms with E-state index in [1.165, 1.54) is 0 Å². The van der Waals surface area contributed by atoms with Crippen LogP contribution in [0.3, 0.4) is 0 Å². The van der Waals surface area contributed by atoms with Gasteiger partial charge in [0.1, 0.15) is 5.38 Å². The Kier molecular flexibility index (Phi) is 1.82. The molecule has 0 N–H and O–H groups in total. The fraction of sp³-hybridized carbons (Fsp3) is 0.625. The van der Waals surface area contributed by atoms with Crippen LogP contribution in [0.4, 0.5) is 0 Å². The van der Waals surface area contributed by atoms with Crippen molar-refractivity contribution in [3.63, 3.8) is 0 Å². The summed E-state index contributed by atoms with van der Waals surface area (Å²) in [6, 6.07) is 0. The van der Waals surface area contributed by atoms with Crippen molar-refractivity contribution in [3.05, 3.63) is 16.2 Å². The van der Waals surface area contributed by atoms with Crippen molar-refractivity contribution in [1.82, 2.24) is 0 Å². The summed E-state index contributed by atoms with van der Waals surface area (Å²) < 4.78 is 5.47. The molecular formula is C8H13OS+. The Morgan fingerprint density at radius 3 is 2.20 bits per heavy atom. The Morgan fingerprint density at radius 1 is 1.40 bits per heavy atom. The molecule has 0 aliphatic carbocycles. The molecule has 1 nitrogen and oxygen atoms in total. The zero-order valence-corrected chi connectivity index (χ0v) is 7.71. The molecule has 0 aromatic carbocycles. The van der Waals surface area contributed by atoms with Gasteiger partial charge in [0, 0.05) is 0 Å². The van der Waals surface area contributed by atoms with Crippen LogP contribution in [-0.4, -0.2) is 0 Å². The first kappa shape index (κ1) is 7.73. The summed E-state index contributed by atoms with van der Waals surface area (Å²) in [5.74, 6) is 1.08. The maximum atomic E-state index is 5.47. The molecule has 1 aromatic heterocycles. The Balaban J connectivity index is 2.96. The summed E-state index contributed by atoms with van der Waals surface area (Å²) in [5.41, 5.74) is 0.158. The monoisotopic (exact) mass is 157 g/mol. The van der Waals surface area contributed by atoms with E-state index in [1.807, 2.05) is 6.92 Å². The second-order valence-electron chi connectivity index (χ2n) is 3.44. The highest BCUT2D eigenvalue weighted by molar-refractivity contribution is 7.09. The Labute approximate surface area is 65.7 Å². The third-order valence-electron chi connectivity index (χ3n) is 1.32. The van der Waals surface area contributed by atoms with Gasteiger partial charge in [-0.2, -0.15) is 0 Å². The van der Waals surface area contributed by atoms with Gasteiger partial charge >= 0.3 is 10.8 Å². The first-order chi connectivity index (χ1) is 4.50. The van der Waals surface area contributed by atoms with Crippen molar-refractivity contribution < 1.29 is 4.42 Å². The van der Waals surface area contributed by atoms with E-state index in [4.69, 9.17) is 4.42 Å². The molecule has 0 radical (unpaired) electrons. The summed E-state index contributed by atoms with van der Waals surface area (Å²) in [6.45, 7) is 8.44. The lowest BCUT2D eigenvalue weighted by Gasteiger charge is -2.04. The van der Waals surface area contributed by atoms with Crippen molar-refractivity contribution >= 4 is 11.3 Å². The van der Waals surface area contributed by atoms with Crippen LogP contribution < -0.4 is 0 Å². The molecule has 1 heterocycles. The van der Waals surface area contributed by atoms with Gasteiger partial charge in [-0.15, -0.1) is 0 Å². The zero-order chi connectivity index (χ0) is 7.78. The van der Waals surface area contributed by atoms with Crippen LogP contribution in [-0.2, 0) is 5.41 Å². The lowest BCUT2D eigenvalue weighted by atomic mass is 9.95. The first-order valence-corrected chi connectivity index (χ1v) is 4.27. The van der Waals surface area contributed by atoms with Gasteiger partial charge in [-0.1, -0.05) is 0 Å². The quantitative estimate of drug-likeness (QED) is 0.526. The van der Waals surface area contributed by atoms with E-state index in [0.717, 1.165) is 10.8 Å². The topological polar surface area (TPSA) is 11.3 Å². The van der Waals surface area contributed by atoms with Crippen LogP contribution >= 0.6 is 11.3 Å². The zero-order valence-electron chi connectivity index (χ0n) is 6.89. The first-order valence-electron chi connectivity index (χ1n) is 3.39. The minimum Gasteiger partial charge on any atom is -0.205 e. The number of hydrogen-bond acceptors (Lipinski definition) is 1. The fourth-order valence-electron chi connectivity index (χ4n) is 0.669. The predicted octanol–water partition coefficient (Wildman–Crippen LogP) is 3.23. The van der Waals surface area contributed by atoms with Gasteiger partial charge in [-0.05, 0) is 32.1 Å². The highest BCUT2D eigenvalue weighted by Crippen LogP contribution is 2.26. The van der Waals surface area contributed by atoms with E-state index >= 15 is 0 Å². The van der Waals surface area contributed by atoms with Gasteiger partial charge in [-0.25, -0.2) is 4.42 Å². The smallest absolute Gasteiger partial charge is 0.205 e. The lowest BCUT2D eigenvalue weighted by Crippen LogP contribution is -2.08. The molecule has 0 fully saturated rings. The van der Waals surface area contributed by atoms with E-state index in [2.05, 4.69) is 26.2 Å². The molecule has 0 aliphatic heterocycles. The van der Waals surface area contributed by atoms with Gasteiger partial charge in [0.05, 0.1) is 12.3 Å². The molecule has 1 rings (SSSR count). The van der Waals surface area contributed by atoms with Gasteiger partial charge < -0.3 is 0 Å². The Morgan fingerprint density at radius 2 is 2.00 bits per heavy atom. The molecule has 10 heavy (non-hydrogen) atoms. The van der Waals surface area contributed by atoms with Crippen LogP contribution in [0.25, 0.3) is 0 Å². The maximum absolute atomic E-state index is 5.47. The van der Waals surface area contributed by atoms with E-state index in [-0.39, 0.29) is 5.41 Å². The second-order valence-corrected chi connectivity index (χ2v) is 4.49. The number of hydrogen-bond donors (Lipinski definition) is 0. The number of aryl methyl sites for hydroxylation is 1. The molecule has 0 aliphatic rings. The highest BCUT2D eigenvalue weighted by Gasteiger charge is 2.28. The SMILES string of the molecule is Cc1[o+]c(C(C)(C)C)cs1. The molecule has 0 spiro atoms. The van der Waals surface area contributed by atoms with Gasteiger partial charge in [-0.3, -0.25) is 0 Å². The maximum Gasteiger partial charge on any atom is 0.382 e. The third kappa shape index (κ3) is 1.57. The van der Waals surface area contributed by atoms with E-state index in [1.54, 1.807) is 11.3 Å². The molecule has 0 unspecified atom stereocenters. The van der Waals surface area contributed by atoms with E-state index in [0.29, 0.717) is 0 Å². The van der Waals surface area contributed by atoms with E-state index in [9.17, 15) is 0 Å². The van der Waals surface area contributed by atoms with Crippen LogP contribution in [0.1, 0.15) is 31.6 Å². The van der Waals surface area contributed by atoms with Crippen LogP contribution in [0, 0.1) is 6.92 Å². The van der Waals surface area contributed by atoms with Crippen molar-refractivity contribution in [2.24, 2.45) is 0 Å². The summed E-state index contributed by atoms with van der Waals surface area (Å²) in [5, 5.41) is 3.11.